The van der Waals surface area contributed by atoms with Crippen LogP contribution in [0.2, 0.25) is 0 Å². The maximum atomic E-state index is 12.5. The van der Waals surface area contributed by atoms with Gasteiger partial charge in [0.05, 0.1) is 6.42 Å². The fraction of sp³-hybridized carbons (Fsp3) is 0.529. The number of amides is 1. The zero-order valence-corrected chi connectivity index (χ0v) is 12.5. The number of hydrogen-bond donors (Lipinski definition) is 1. The van der Waals surface area contributed by atoms with Crippen LogP contribution < -0.4 is 0 Å². The van der Waals surface area contributed by atoms with Crippen molar-refractivity contribution >= 4 is 11.9 Å². The Bertz CT molecular complexity index is 486. The summed E-state index contributed by atoms with van der Waals surface area (Å²) in [6.07, 6.45) is 3.16. The van der Waals surface area contributed by atoms with E-state index in [4.69, 9.17) is 5.11 Å². The van der Waals surface area contributed by atoms with E-state index in [1.54, 1.807) is 4.90 Å². The lowest BCUT2D eigenvalue weighted by Crippen LogP contribution is -2.37. The van der Waals surface area contributed by atoms with Gasteiger partial charge in [0.1, 0.15) is 0 Å². The van der Waals surface area contributed by atoms with Gasteiger partial charge in [-0.3, -0.25) is 9.59 Å². The van der Waals surface area contributed by atoms with E-state index in [2.05, 4.69) is 19.1 Å². The van der Waals surface area contributed by atoms with E-state index in [-0.39, 0.29) is 24.3 Å². The van der Waals surface area contributed by atoms with Crippen LogP contribution in [0.4, 0.5) is 0 Å². The molecule has 0 saturated carbocycles. The number of carboxylic acid groups (broad SMARTS) is 1. The van der Waals surface area contributed by atoms with Crippen LogP contribution in [0, 0.1) is 0 Å². The molecule has 1 heterocycles. The molecule has 1 N–H and O–H groups in total. The van der Waals surface area contributed by atoms with E-state index in [0.717, 1.165) is 19.3 Å². The summed E-state index contributed by atoms with van der Waals surface area (Å²) in [7, 11) is 0. The molecule has 4 nitrogen and oxygen atoms in total. The van der Waals surface area contributed by atoms with Crippen molar-refractivity contribution in [3.8, 4) is 0 Å². The minimum absolute atomic E-state index is 0.0634. The first-order chi connectivity index (χ1) is 10.1. The van der Waals surface area contributed by atoms with Crippen LogP contribution in [0.5, 0.6) is 0 Å². The van der Waals surface area contributed by atoms with Crippen LogP contribution in [-0.2, 0) is 9.59 Å². The summed E-state index contributed by atoms with van der Waals surface area (Å²) < 4.78 is 0. The first-order valence-electron chi connectivity index (χ1n) is 7.68. The highest BCUT2D eigenvalue weighted by atomic mass is 16.4. The fourth-order valence-electron chi connectivity index (χ4n) is 3.13. The molecule has 0 spiro atoms. The van der Waals surface area contributed by atoms with Crippen molar-refractivity contribution in [1.29, 1.82) is 0 Å². The quantitative estimate of drug-likeness (QED) is 0.875. The number of nitrogens with zero attached hydrogens (tertiary/aromatic N) is 1. The van der Waals surface area contributed by atoms with E-state index in [0.29, 0.717) is 13.0 Å². The largest absolute Gasteiger partial charge is 0.481 e. The molecule has 0 radical (unpaired) electrons. The van der Waals surface area contributed by atoms with Crippen molar-refractivity contribution in [3.63, 3.8) is 0 Å². The minimum Gasteiger partial charge on any atom is -0.481 e. The molecule has 1 aliphatic heterocycles. The number of aliphatic carboxylic acids is 1. The number of hydrogen-bond acceptors (Lipinski definition) is 2. The van der Waals surface area contributed by atoms with Gasteiger partial charge in [0.25, 0.3) is 0 Å². The molecule has 1 saturated heterocycles. The van der Waals surface area contributed by atoms with Crippen molar-refractivity contribution in [2.24, 2.45) is 0 Å². The van der Waals surface area contributed by atoms with Crippen LogP contribution in [0.15, 0.2) is 30.3 Å². The number of carbonyl (C=O) groups is 2. The van der Waals surface area contributed by atoms with E-state index < -0.39 is 5.97 Å². The maximum absolute atomic E-state index is 12.5. The number of carbonyl (C=O) groups excluding carboxylic acids is 1. The summed E-state index contributed by atoms with van der Waals surface area (Å²) in [5.74, 6) is -0.519. The predicted molar refractivity (Wildman–Crippen MR) is 81.1 cm³/mol. The lowest BCUT2D eigenvalue weighted by atomic mass is 9.92. The molecule has 4 heteroatoms. The third-order valence-electron chi connectivity index (χ3n) is 4.29. The van der Waals surface area contributed by atoms with Gasteiger partial charge in [-0.15, -0.1) is 0 Å². The molecule has 21 heavy (non-hydrogen) atoms. The van der Waals surface area contributed by atoms with Gasteiger partial charge in [0, 0.05) is 19.0 Å². The monoisotopic (exact) mass is 289 g/mol. The average Bonchev–Trinajstić information content (AvgIpc) is 2.93. The summed E-state index contributed by atoms with van der Waals surface area (Å²) in [6.45, 7) is 2.78. The molecule has 2 rings (SSSR count). The molecule has 1 aromatic carbocycles. The number of rotatable bonds is 6. The molecular formula is C17H23NO3. The summed E-state index contributed by atoms with van der Waals surface area (Å²) in [5, 5.41) is 8.94. The topological polar surface area (TPSA) is 57.6 Å². The zero-order chi connectivity index (χ0) is 15.2. The van der Waals surface area contributed by atoms with Crippen molar-refractivity contribution in [2.75, 3.05) is 6.54 Å². The summed E-state index contributed by atoms with van der Waals surface area (Å²) in [4.78, 5) is 25.2. The SMILES string of the molecule is CCC(CC(=O)N1CCCC1CC(=O)O)c1ccccc1. The van der Waals surface area contributed by atoms with E-state index >= 15 is 0 Å². The molecule has 0 bridgehead atoms. The van der Waals surface area contributed by atoms with Gasteiger partial charge in [-0.2, -0.15) is 0 Å². The van der Waals surface area contributed by atoms with Gasteiger partial charge < -0.3 is 10.0 Å². The first-order valence-corrected chi connectivity index (χ1v) is 7.68. The molecule has 1 aromatic rings. The Morgan fingerprint density at radius 3 is 2.67 bits per heavy atom. The highest BCUT2D eigenvalue weighted by Gasteiger charge is 2.31. The molecule has 2 atom stereocenters. The second kappa shape index (κ2) is 7.25. The van der Waals surface area contributed by atoms with Crippen LogP contribution in [-0.4, -0.2) is 34.5 Å². The number of benzene rings is 1. The van der Waals surface area contributed by atoms with Gasteiger partial charge in [0.15, 0.2) is 0 Å². The standard InChI is InChI=1S/C17H23NO3/c1-2-13(14-7-4-3-5-8-14)11-16(19)18-10-6-9-15(18)12-17(20)21/h3-5,7-8,13,15H,2,6,9-12H2,1H3,(H,20,21). The Hall–Kier alpha value is -1.84. The Labute approximate surface area is 125 Å². The Morgan fingerprint density at radius 1 is 1.33 bits per heavy atom. The zero-order valence-electron chi connectivity index (χ0n) is 12.5. The number of carboxylic acids is 1. The van der Waals surface area contributed by atoms with E-state index in [1.165, 1.54) is 5.56 Å². The molecule has 1 aliphatic rings. The smallest absolute Gasteiger partial charge is 0.305 e. The lowest BCUT2D eigenvalue weighted by Gasteiger charge is -2.26. The average molecular weight is 289 g/mol. The van der Waals surface area contributed by atoms with Crippen LogP contribution in [0.3, 0.4) is 0 Å². The molecule has 1 fully saturated rings. The van der Waals surface area contributed by atoms with Gasteiger partial charge in [0.2, 0.25) is 5.91 Å². The predicted octanol–water partition coefficient (Wildman–Crippen LogP) is 3.04. The Balaban J connectivity index is 2.00. The lowest BCUT2D eigenvalue weighted by molar-refractivity contribution is -0.140. The van der Waals surface area contributed by atoms with Gasteiger partial charge >= 0.3 is 5.97 Å². The van der Waals surface area contributed by atoms with Crippen molar-refractivity contribution < 1.29 is 14.7 Å². The van der Waals surface area contributed by atoms with Crippen LogP contribution in [0.25, 0.3) is 0 Å². The normalized spacial score (nSPS) is 19.5. The summed E-state index contributed by atoms with van der Waals surface area (Å²) >= 11 is 0. The third kappa shape index (κ3) is 4.06. The molecular weight excluding hydrogens is 266 g/mol. The second-order valence-electron chi connectivity index (χ2n) is 5.70. The highest BCUT2D eigenvalue weighted by Crippen LogP contribution is 2.27. The van der Waals surface area contributed by atoms with Crippen LogP contribution >= 0.6 is 0 Å². The van der Waals surface area contributed by atoms with Crippen molar-refractivity contribution in [3.05, 3.63) is 35.9 Å². The molecule has 1 amide bonds. The summed E-state index contributed by atoms with van der Waals surface area (Å²) in [6, 6.07) is 9.95. The van der Waals surface area contributed by atoms with Crippen LogP contribution in [0.1, 0.15) is 50.5 Å². The Morgan fingerprint density at radius 2 is 2.05 bits per heavy atom. The van der Waals surface area contributed by atoms with Crippen molar-refractivity contribution in [1.82, 2.24) is 4.90 Å². The molecule has 114 valence electrons. The summed E-state index contributed by atoms with van der Waals surface area (Å²) in [5.41, 5.74) is 1.18. The fourth-order valence-corrected chi connectivity index (χ4v) is 3.13. The first kappa shape index (κ1) is 15.5. The van der Waals surface area contributed by atoms with Crippen molar-refractivity contribution in [2.45, 2.75) is 51.0 Å². The molecule has 0 aliphatic carbocycles. The third-order valence-corrected chi connectivity index (χ3v) is 4.29. The van der Waals surface area contributed by atoms with Gasteiger partial charge in [-0.1, -0.05) is 37.3 Å². The highest BCUT2D eigenvalue weighted by molar-refractivity contribution is 5.78. The van der Waals surface area contributed by atoms with Gasteiger partial charge in [-0.25, -0.2) is 0 Å². The van der Waals surface area contributed by atoms with E-state index in [9.17, 15) is 9.59 Å². The van der Waals surface area contributed by atoms with Gasteiger partial charge in [-0.05, 0) is 30.7 Å². The molecule has 0 aromatic heterocycles. The minimum atomic E-state index is -0.824. The second-order valence-corrected chi connectivity index (χ2v) is 5.70. The maximum Gasteiger partial charge on any atom is 0.305 e. The number of likely N-dealkylation sites (tertiary alicyclic amines) is 1. The molecule has 2 unspecified atom stereocenters. The van der Waals surface area contributed by atoms with E-state index in [1.807, 2.05) is 18.2 Å². The Kier molecular flexibility index (Phi) is 5.37.